The van der Waals surface area contributed by atoms with Gasteiger partial charge in [-0.05, 0) is 109 Å². The highest BCUT2D eigenvalue weighted by molar-refractivity contribution is 9.10. The lowest BCUT2D eigenvalue weighted by atomic mass is 9.82. The first kappa shape index (κ1) is 29.2. The predicted octanol–water partition coefficient (Wildman–Crippen LogP) is 13.4. The van der Waals surface area contributed by atoms with Gasteiger partial charge < -0.3 is 4.90 Å². The maximum absolute atomic E-state index is 3.76. The maximum atomic E-state index is 3.76. The highest BCUT2D eigenvalue weighted by Gasteiger charge is 2.37. The van der Waals surface area contributed by atoms with Crippen LogP contribution in [0.25, 0.3) is 44.2 Å². The molecule has 0 unspecified atom stereocenters. The van der Waals surface area contributed by atoms with E-state index in [9.17, 15) is 0 Å². The smallest absolute Gasteiger partial charge is 0.0465 e. The number of nitrogens with zero attached hydrogens (tertiary/aromatic N) is 1. The van der Waals surface area contributed by atoms with Crippen molar-refractivity contribution in [1.82, 2.24) is 0 Å². The summed E-state index contributed by atoms with van der Waals surface area (Å²) in [5.74, 6) is 0. The zero-order chi connectivity index (χ0) is 32.8. The van der Waals surface area contributed by atoms with E-state index in [1.54, 1.807) is 0 Å². The van der Waals surface area contributed by atoms with Crippen molar-refractivity contribution in [2.45, 2.75) is 38.5 Å². The first-order valence-electron chi connectivity index (χ1n) is 16.8. The van der Waals surface area contributed by atoms with Crippen LogP contribution >= 0.6 is 15.9 Å². The fourth-order valence-electron chi connectivity index (χ4n) is 8.42. The molecule has 0 bridgehead atoms. The van der Waals surface area contributed by atoms with Crippen LogP contribution < -0.4 is 4.90 Å². The van der Waals surface area contributed by atoms with Crippen LogP contribution in [0.1, 0.15) is 49.9 Å². The number of anilines is 3. The summed E-state index contributed by atoms with van der Waals surface area (Å²) in [6, 6.07) is 54.0. The van der Waals surface area contributed by atoms with E-state index in [1.807, 2.05) is 0 Å². The number of halogens is 1. The Morgan fingerprint density at radius 3 is 1.44 bits per heavy atom. The van der Waals surface area contributed by atoms with Gasteiger partial charge in [0.25, 0.3) is 0 Å². The van der Waals surface area contributed by atoms with Crippen LogP contribution in [0.2, 0.25) is 0 Å². The normalized spacial score (nSPS) is 14.7. The van der Waals surface area contributed by atoms with Gasteiger partial charge in [-0.15, -0.1) is 0 Å². The molecule has 0 aliphatic heterocycles. The Hall–Kier alpha value is -4.92. The van der Waals surface area contributed by atoms with Crippen molar-refractivity contribution < 1.29 is 0 Å². The summed E-state index contributed by atoms with van der Waals surface area (Å²) < 4.78 is 1.12. The molecule has 1 nitrogen and oxygen atoms in total. The van der Waals surface area contributed by atoms with Crippen molar-refractivity contribution in [2.75, 3.05) is 4.90 Å². The molecular weight excluding hydrogens is 646 g/mol. The summed E-state index contributed by atoms with van der Waals surface area (Å²) >= 11 is 3.76. The highest BCUT2D eigenvalue weighted by Crippen LogP contribution is 2.53. The van der Waals surface area contributed by atoms with E-state index in [-0.39, 0.29) is 10.8 Å². The minimum atomic E-state index is -0.0817. The molecular formula is C46H36BrN. The van der Waals surface area contributed by atoms with Crippen LogP contribution in [0.5, 0.6) is 0 Å². The van der Waals surface area contributed by atoms with Crippen molar-refractivity contribution in [3.05, 3.63) is 172 Å². The molecule has 0 saturated carbocycles. The molecule has 0 spiro atoms. The fraction of sp³-hybridized carbons (Fsp3) is 0.130. The standard InChI is InChI=1S/C46H36BrN/c1-45(2)40-16-7-5-11-35(40)37-25-23-31(27-42(37)45)48(32-24-26-38-36-12-6-8-17-41(36)46(3,4)43(38)28-32)30-21-19-29(20-22-30)33-13-9-15-39-34(33)14-10-18-44(39)47/h5-28H,1-4H3. The molecule has 2 heteroatoms. The van der Waals surface area contributed by atoms with E-state index in [0.29, 0.717) is 0 Å². The quantitative estimate of drug-likeness (QED) is 0.179. The molecule has 0 saturated heterocycles. The van der Waals surface area contributed by atoms with E-state index in [4.69, 9.17) is 0 Å². The lowest BCUT2D eigenvalue weighted by Gasteiger charge is -2.30. The second kappa shape index (κ2) is 10.5. The van der Waals surface area contributed by atoms with Crippen molar-refractivity contribution in [2.24, 2.45) is 0 Å². The molecule has 0 radical (unpaired) electrons. The largest absolute Gasteiger partial charge is 0.310 e. The third kappa shape index (κ3) is 4.22. The first-order valence-corrected chi connectivity index (χ1v) is 17.6. The number of hydrogen-bond acceptors (Lipinski definition) is 1. The van der Waals surface area contributed by atoms with Gasteiger partial charge in [0.2, 0.25) is 0 Å². The monoisotopic (exact) mass is 681 g/mol. The average molecular weight is 683 g/mol. The number of fused-ring (bicyclic) bond motifs is 7. The maximum Gasteiger partial charge on any atom is 0.0465 e. The van der Waals surface area contributed by atoms with Crippen LogP contribution in [-0.4, -0.2) is 0 Å². The minimum absolute atomic E-state index is 0.0817. The SMILES string of the molecule is CC1(C)c2ccccc2-c2ccc(N(c3ccc(-c4cccc5c(Br)cccc45)cc3)c3ccc4c(c3)C(C)(C)c3ccccc3-4)cc21. The van der Waals surface area contributed by atoms with Crippen LogP contribution in [0.15, 0.2) is 150 Å². The molecule has 0 atom stereocenters. The number of benzene rings is 7. The van der Waals surface area contributed by atoms with Gasteiger partial charge in [-0.25, -0.2) is 0 Å². The van der Waals surface area contributed by atoms with Crippen LogP contribution in [-0.2, 0) is 10.8 Å². The summed E-state index contributed by atoms with van der Waals surface area (Å²) in [5.41, 5.74) is 16.7. The Balaban J connectivity index is 1.21. The molecule has 0 amide bonds. The van der Waals surface area contributed by atoms with Crippen LogP contribution in [0.4, 0.5) is 17.1 Å². The van der Waals surface area contributed by atoms with Crippen molar-refractivity contribution in [3.63, 3.8) is 0 Å². The van der Waals surface area contributed by atoms with Crippen molar-refractivity contribution in [1.29, 1.82) is 0 Å². The van der Waals surface area contributed by atoms with Crippen molar-refractivity contribution in [3.8, 4) is 33.4 Å². The summed E-state index contributed by atoms with van der Waals surface area (Å²) in [7, 11) is 0. The number of hydrogen-bond donors (Lipinski definition) is 0. The predicted molar refractivity (Wildman–Crippen MR) is 207 cm³/mol. The summed E-state index contributed by atoms with van der Waals surface area (Å²) in [6.07, 6.45) is 0. The van der Waals surface area contributed by atoms with Crippen molar-refractivity contribution >= 4 is 43.8 Å². The highest BCUT2D eigenvalue weighted by atomic mass is 79.9. The van der Waals surface area contributed by atoms with Gasteiger partial charge in [-0.1, -0.05) is 147 Å². The second-order valence-electron chi connectivity index (χ2n) is 14.3. The van der Waals surface area contributed by atoms with Gasteiger partial charge in [-0.3, -0.25) is 0 Å². The molecule has 9 rings (SSSR count). The van der Waals surface area contributed by atoms with Crippen LogP contribution in [0.3, 0.4) is 0 Å². The minimum Gasteiger partial charge on any atom is -0.310 e. The zero-order valence-corrected chi connectivity index (χ0v) is 29.3. The molecule has 48 heavy (non-hydrogen) atoms. The molecule has 0 aromatic heterocycles. The Morgan fingerprint density at radius 1 is 0.396 bits per heavy atom. The average Bonchev–Trinajstić information content (AvgIpc) is 3.48. The Labute approximate surface area is 291 Å². The number of rotatable bonds is 4. The first-order chi connectivity index (χ1) is 23.2. The second-order valence-corrected chi connectivity index (χ2v) is 15.2. The Bertz CT molecular complexity index is 2310. The van der Waals surface area contributed by atoms with E-state index in [2.05, 4.69) is 194 Å². The summed E-state index contributed by atoms with van der Waals surface area (Å²) in [6.45, 7) is 9.44. The van der Waals surface area contributed by atoms with E-state index >= 15 is 0 Å². The van der Waals surface area contributed by atoms with Gasteiger partial charge in [-0.2, -0.15) is 0 Å². The molecule has 0 heterocycles. The molecule has 2 aliphatic rings. The molecule has 232 valence electrons. The van der Waals surface area contributed by atoms with Gasteiger partial charge in [0.1, 0.15) is 0 Å². The molecule has 2 aliphatic carbocycles. The molecule has 0 N–H and O–H groups in total. The van der Waals surface area contributed by atoms with E-state index < -0.39 is 0 Å². The fourth-order valence-corrected chi connectivity index (χ4v) is 8.92. The Morgan fingerprint density at radius 2 is 0.854 bits per heavy atom. The summed E-state index contributed by atoms with van der Waals surface area (Å²) in [4.78, 5) is 2.45. The van der Waals surface area contributed by atoms with E-state index in [1.165, 1.54) is 77.8 Å². The van der Waals surface area contributed by atoms with Crippen LogP contribution in [0, 0.1) is 0 Å². The third-order valence-electron chi connectivity index (χ3n) is 11.0. The third-order valence-corrected chi connectivity index (χ3v) is 11.6. The van der Waals surface area contributed by atoms with E-state index in [0.717, 1.165) is 10.2 Å². The lowest BCUT2D eigenvalue weighted by Crippen LogP contribution is -2.18. The van der Waals surface area contributed by atoms with Gasteiger partial charge in [0.15, 0.2) is 0 Å². The Kier molecular flexibility index (Phi) is 6.42. The van der Waals surface area contributed by atoms with Gasteiger partial charge in [0.05, 0.1) is 0 Å². The lowest BCUT2D eigenvalue weighted by molar-refractivity contribution is 0.660. The van der Waals surface area contributed by atoms with Gasteiger partial charge >= 0.3 is 0 Å². The van der Waals surface area contributed by atoms with Gasteiger partial charge in [0, 0.05) is 32.4 Å². The zero-order valence-electron chi connectivity index (χ0n) is 27.7. The molecule has 0 fully saturated rings. The molecule has 7 aromatic carbocycles. The summed E-state index contributed by atoms with van der Waals surface area (Å²) in [5, 5.41) is 2.47. The topological polar surface area (TPSA) is 3.24 Å². The molecule has 7 aromatic rings.